The number of nitrogens with one attached hydrogen (secondary N) is 1. The first-order chi connectivity index (χ1) is 8.13. The van der Waals surface area contributed by atoms with Gasteiger partial charge >= 0.3 is 0 Å². The Morgan fingerprint density at radius 3 is 3.12 bits per heavy atom. The SMILES string of the molecule is CSCC[C@H](N)C(=O)NCC1CN(C)CCO1. The number of hydrogen-bond acceptors (Lipinski definition) is 5. The van der Waals surface area contributed by atoms with Gasteiger partial charge in [0.1, 0.15) is 0 Å². The third-order valence-electron chi connectivity index (χ3n) is 2.82. The molecule has 0 radical (unpaired) electrons. The van der Waals surface area contributed by atoms with Crippen LogP contribution < -0.4 is 11.1 Å². The van der Waals surface area contributed by atoms with Crippen molar-refractivity contribution in [1.82, 2.24) is 10.2 Å². The highest BCUT2D eigenvalue weighted by molar-refractivity contribution is 7.98. The molecule has 0 aromatic heterocycles. The fourth-order valence-electron chi connectivity index (χ4n) is 1.71. The van der Waals surface area contributed by atoms with E-state index in [2.05, 4.69) is 17.3 Å². The van der Waals surface area contributed by atoms with E-state index < -0.39 is 6.04 Å². The average Bonchev–Trinajstić information content (AvgIpc) is 2.33. The first-order valence-electron chi connectivity index (χ1n) is 5.96. The predicted octanol–water partition coefficient (Wildman–Crippen LogP) is -0.486. The number of ether oxygens (including phenoxy) is 1. The van der Waals surface area contributed by atoms with E-state index >= 15 is 0 Å². The number of amides is 1. The van der Waals surface area contributed by atoms with E-state index in [0.717, 1.165) is 31.9 Å². The van der Waals surface area contributed by atoms with Gasteiger partial charge in [-0.1, -0.05) is 0 Å². The Kier molecular flexibility index (Phi) is 6.87. The van der Waals surface area contributed by atoms with E-state index in [0.29, 0.717) is 6.54 Å². The second-order valence-electron chi connectivity index (χ2n) is 4.39. The van der Waals surface area contributed by atoms with E-state index in [1.807, 2.05) is 6.26 Å². The third kappa shape index (κ3) is 5.72. The lowest BCUT2D eigenvalue weighted by atomic mass is 10.2. The Bertz CT molecular complexity index is 241. The Hall–Kier alpha value is -0.300. The van der Waals surface area contributed by atoms with Crippen molar-refractivity contribution in [2.45, 2.75) is 18.6 Å². The number of carbonyl (C=O) groups excluding carboxylic acids is 1. The van der Waals surface area contributed by atoms with Gasteiger partial charge in [0, 0.05) is 19.6 Å². The zero-order chi connectivity index (χ0) is 12.7. The molecule has 0 aromatic carbocycles. The molecule has 0 saturated carbocycles. The quantitative estimate of drug-likeness (QED) is 0.675. The van der Waals surface area contributed by atoms with Crippen molar-refractivity contribution in [1.29, 1.82) is 0 Å². The molecule has 1 aliphatic rings. The maximum atomic E-state index is 11.7. The van der Waals surface area contributed by atoms with Gasteiger partial charge in [0.2, 0.25) is 5.91 Å². The molecule has 6 heteroatoms. The van der Waals surface area contributed by atoms with Crippen LogP contribution in [0.1, 0.15) is 6.42 Å². The summed E-state index contributed by atoms with van der Waals surface area (Å²) in [6, 6.07) is -0.399. The topological polar surface area (TPSA) is 67.6 Å². The molecule has 1 heterocycles. The maximum Gasteiger partial charge on any atom is 0.237 e. The molecular weight excluding hydrogens is 238 g/mol. The normalized spacial score (nSPS) is 23.4. The van der Waals surface area contributed by atoms with Crippen molar-refractivity contribution in [2.24, 2.45) is 5.73 Å². The van der Waals surface area contributed by atoms with Crippen LogP contribution in [0.4, 0.5) is 0 Å². The van der Waals surface area contributed by atoms with Crippen molar-refractivity contribution in [3.05, 3.63) is 0 Å². The Balaban J connectivity index is 2.18. The molecule has 0 bridgehead atoms. The molecule has 0 aliphatic carbocycles. The van der Waals surface area contributed by atoms with Gasteiger partial charge in [0.05, 0.1) is 18.8 Å². The fourth-order valence-corrected chi connectivity index (χ4v) is 2.20. The van der Waals surface area contributed by atoms with Crippen LogP contribution in [0.3, 0.4) is 0 Å². The molecular formula is C11H23N3O2S. The zero-order valence-electron chi connectivity index (χ0n) is 10.6. The number of thioether (sulfide) groups is 1. The molecule has 100 valence electrons. The Labute approximate surface area is 107 Å². The highest BCUT2D eigenvalue weighted by atomic mass is 32.2. The molecule has 1 rings (SSSR count). The number of nitrogens with two attached hydrogens (primary N) is 1. The van der Waals surface area contributed by atoms with Gasteiger partial charge in [-0.05, 0) is 25.5 Å². The standard InChI is InChI=1S/C11H23N3O2S/c1-14-4-5-16-9(8-14)7-13-11(15)10(12)3-6-17-2/h9-10H,3-8,12H2,1-2H3,(H,13,15)/t9?,10-/m0/s1. The van der Waals surface area contributed by atoms with E-state index in [1.54, 1.807) is 11.8 Å². The predicted molar refractivity (Wildman–Crippen MR) is 71.2 cm³/mol. The van der Waals surface area contributed by atoms with Crippen LogP contribution in [0.15, 0.2) is 0 Å². The summed E-state index contributed by atoms with van der Waals surface area (Å²) in [5.74, 6) is 0.841. The lowest BCUT2D eigenvalue weighted by Gasteiger charge is -2.30. The molecule has 5 nitrogen and oxygen atoms in total. The summed E-state index contributed by atoms with van der Waals surface area (Å²) >= 11 is 1.70. The fraction of sp³-hybridized carbons (Fsp3) is 0.909. The minimum absolute atomic E-state index is 0.0733. The van der Waals surface area contributed by atoms with Crippen molar-refractivity contribution < 1.29 is 9.53 Å². The van der Waals surface area contributed by atoms with Crippen LogP contribution in [0, 0.1) is 0 Å². The second-order valence-corrected chi connectivity index (χ2v) is 5.37. The van der Waals surface area contributed by atoms with Crippen molar-refractivity contribution in [2.75, 3.05) is 45.3 Å². The van der Waals surface area contributed by atoms with Crippen LogP contribution in [-0.2, 0) is 9.53 Å². The molecule has 0 spiro atoms. The van der Waals surface area contributed by atoms with Gasteiger partial charge in [0.15, 0.2) is 0 Å². The zero-order valence-corrected chi connectivity index (χ0v) is 11.5. The Morgan fingerprint density at radius 1 is 1.71 bits per heavy atom. The van der Waals surface area contributed by atoms with Gasteiger partial charge in [-0.3, -0.25) is 4.79 Å². The van der Waals surface area contributed by atoms with E-state index in [4.69, 9.17) is 10.5 Å². The number of likely N-dealkylation sites (N-methyl/N-ethyl adjacent to an activating group) is 1. The first-order valence-corrected chi connectivity index (χ1v) is 7.35. The lowest BCUT2D eigenvalue weighted by molar-refractivity contribution is -0.123. The van der Waals surface area contributed by atoms with Gasteiger partial charge in [0.25, 0.3) is 0 Å². The van der Waals surface area contributed by atoms with Crippen LogP contribution in [-0.4, -0.2) is 68.3 Å². The molecule has 2 atom stereocenters. The van der Waals surface area contributed by atoms with Gasteiger partial charge in [-0.25, -0.2) is 0 Å². The van der Waals surface area contributed by atoms with Crippen molar-refractivity contribution >= 4 is 17.7 Å². The van der Waals surface area contributed by atoms with Crippen LogP contribution in [0.5, 0.6) is 0 Å². The minimum Gasteiger partial charge on any atom is -0.374 e. The molecule has 0 aromatic rings. The van der Waals surface area contributed by atoms with Crippen LogP contribution in [0.2, 0.25) is 0 Å². The van der Waals surface area contributed by atoms with Crippen LogP contribution in [0.25, 0.3) is 0 Å². The van der Waals surface area contributed by atoms with Crippen molar-refractivity contribution in [3.63, 3.8) is 0 Å². The van der Waals surface area contributed by atoms with Gasteiger partial charge in [-0.2, -0.15) is 11.8 Å². The third-order valence-corrected chi connectivity index (χ3v) is 3.46. The average molecular weight is 261 g/mol. The number of morpholine rings is 1. The number of hydrogen-bond donors (Lipinski definition) is 2. The summed E-state index contributed by atoms with van der Waals surface area (Å²) in [5, 5.41) is 2.86. The molecule has 3 N–H and O–H groups in total. The number of rotatable bonds is 6. The molecule has 1 unspecified atom stereocenters. The second kappa shape index (κ2) is 7.92. The van der Waals surface area contributed by atoms with Crippen LogP contribution >= 0.6 is 11.8 Å². The molecule has 1 aliphatic heterocycles. The summed E-state index contributed by atoms with van der Waals surface area (Å²) in [7, 11) is 2.06. The number of nitrogens with zero attached hydrogens (tertiary/aromatic N) is 1. The first kappa shape index (κ1) is 14.8. The summed E-state index contributed by atoms with van der Waals surface area (Å²) in [6.45, 7) is 3.10. The Morgan fingerprint density at radius 2 is 2.47 bits per heavy atom. The smallest absolute Gasteiger partial charge is 0.237 e. The van der Waals surface area contributed by atoms with Gasteiger partial charge in [-0.15, -0.1) is 0 Å². The molecule has 17 heavy (non-hydrogen) atoms. The highest BCUT2D eigenvalue weighted by Gasteiger charge is 2.19. The summed E-state index contributed by atoms with van der Waals surface area (Å²) < 4.78 is 5.56. The highest BCUT2D eigenvalue weighted by Crippen LogP contribution is 2.02. The molecule has 1 fully saturated rings. The largest absolute Gasteiger partial charge is 0.374 e. The van der Waals surface area contributed by atoms with E-state index in [-0.39, 0.29) is 12.0 Å². The monoisotopic (exact) mass is 261 g/mol. The minimum atomic E-state index is -0.399. The van der Waals surface area contributed by atoms with Gasteiger partial charge < -0.3 is 20.7 Å². The summed E-state index contributed by atoms with van der Waals surface area (Å²) in [4.78, 5) is 13.9. The van der Waals surface area contributed by atoms with E-state index in [9.17, 15) is 4.79 Å². The molecule has 1 saturated heterocycles. The lowest BCUT2D eigenvalue weighted by Crippen LogP contribution is -2.49. The number of carbonyl (C=O) groups is 1. The van der Waals surface area contributed by atoms with E-state index in [1.165, 1.54) is 0 Å². The summed E-state index contributed by atoms with van der Waals surface area (Å²) in [6.07, 6.45) is 2.82. The molecule has 1 amide bonds. The maximum absolute atomic E-state index is 11.7. The summed E-state index contributed by atoms with van der Waals surface area (Å²) in [5.41, 5.74) is 5.77. The van der Waals surface area contributed by atoms with Crippen molar-refractivity contribution in [3.8, 4) is 0 Å².